The number of aromatic nitrogens is 2. The number of Topliss-reactive ketones (excluding diaryl/α,β-unsaturated/α-hetero) is 1. The third kappa shape index (κ3) is 4.30. The fourth-order valence-corrected chi connectivity index (χ4v) is 3.84. The zero-order valence-corrected chi connectivity index (χ0v) is 17.8. The molecule has 1 amide bonds. The molecular formula is C24H25N3O5. The lowest BCUT2D eigenvalue weighted by Crippen LogP contribution is -2.37. The summed E-state index contributed by atoms with van der Waals surface area (Å²) in [6.45, 7) is 3.61. The highest BCUT2D eigenvalue weighted by Gasteiger charge is 2.40. The zero-order chi connectivity index (χ0) is 22.5. The van der Waals surface area contributed by atoms with Gasteiger partial charge in [0, 0.05) is 18.5 Å². The van der Waals surface area contributed by atoms with Crippen LogP contribution in [0.3, 0.4) is 0 Å². The molecule has 8 nitrogen and oxygen atoms in total. The Kier molecular flexibility index (Phi) is 6.39. The maximum atomic E-state index is 13.1. The molecule has 0 saturated carbocycles. The van der Waals surface area contributed by atoms with Gasteiger partial charge in [0.25, 0.3) is 0 Å². The molecule has 3 heterocycles. The predicted molar refractivity (Wildman–Crippen MR) is 112 cm³/mol. The molecule has 1 aliphatic heterocycles. The molecule has 0 saturated heterocycles. The second kappa shape index (κ2) is 9.55. The molecule has 0 aliphatic carbocycles. The summed E-state index contributed by atoms with van der Waals surface area (Å²) < 4.78 is 12.8. The van der Waals surface area contributed by atoms with E-state index in [4.69, 9.17) is 9.15 Å². The topological polar surface area (TPSA) is 102 Å². The maximum Gasteiger partial charge on any atom is 0.241 e. The number of rotatable bonds is 10. The van der Waals surface area contributed by atoms with E-state index in [1.165, 1.54) is 17.2 Å². The quantitative estimate of drug-likeness (QED) is 0.388. The van der Waals surface area contributed by atoms with Crippen LogP contribution < -0.4 is 14.4 Å². The monoisotopic (exact) mass is 435 g/mol. The van der Waals surface area contributed by atoms with E-state index < -0.39 is 23.5 Å². The number of ketones is 1. The van der Waals surface area contributed by atoms with Gasteiger partial charge in [0.15, 0.2) is 5.76 Å². The van der Waals surface area contributed by atoms with E-state index in [9.17, 15) is 14.7 Å². The first-order valence-corrected chi connectivity index (χ1v) is 10.6. The van der Waals surface area contributed by atoms with Gasteiger partial charge in [0.2, 0.25) is 18.0 Å². The summed E-state index contributed by atoms with van der Waals surface area (Å²) in [4.78, 5) is 30.5. The summed E-state index contributed by atoms with van der Waals surface area (Å²) in [6.07, 6.45) is 8.40. The number of aryl methyl sites for hydroxylation is 1. The van der Waals surface area contributed by atoms with E-state index in [1.807, 2.05) is 30.2 Å². The summed E-state index contributed by atoms with van der Waals surface area (Å²) in [5, 5.41) is 12.9. The molecule has 4 rings (SSSR count). The minimum Gasteiger partial charge on any atom is -0.868 e. The van der Waals surface area contributed by atoms with Crippen molar-refractivity contribution in [3.05, 3.63) is 84.0 Å². The molecule has 32 heavy (non-hydrogen) atoms. The van der Waals surface area contributed by atoms with Crippen molar-refractivity contribution in [2.24, 2.45) is 0 Å². The summed E-state index contributed by atoms with van der Waals surface area (Å²) >= 11 is 0. The number of H-pyrrole nitrogens is 1. The van der Waals surface area contributed by atoms with E-state index in [2.05, 4.69) is 4.98 Å². The van der Waals surface area contributed by atoms with Crippen LogP contribution in [0.2, 0.25) is 0 Å². The van der Waals surface area contributed by atoms with E-state index >= 15 is 0 Å². The highest BCUT2D eigenvalue weighted by Crippen LogP contribution is 2.38. The number of furan rings is 1. The molecule has 1 aliphatic rings. The molecule has 0 bridgehead atoms. The molecule has 0 spiro atoms. The first kappa shape index (κ1) is 21.4. The van der Waals surface area contributed by atoms with Crippen molar-refractivity contribution in [1.29, 1.82) is 0 Å². The van der Waals surface area contributed by atoms with Crippen LogP contribution in [0.15, 0.2) is 77.1 Å². The number of nitrogens with zero attached hydrogens (tertiary/aromatic N) is 2. The Bertz CT molecular complexity index is 1090. The van der Waals surface area contributed by atoms with E-state index in [0.717, 1.165) is 6.42 Å². The van der Waals surface area contributed by atoms with Gasteiger partial charge in [-0.15, -0.1) is 0 Å². The van der Waals surface area contributed by atoms with Crippen LogP contribution in [0.4, 0.5) is 0 Å². The fourth-order valence-electron chi connectivity index (χ4n) is 3.84. The second-order valence-electron chi connectivity index (χ2n) is 7.57. The minimum atomic E-state index is -0.781. The van der Waals surface area contributed by atoms with Gasteiger partial charge in [-0.2, -0.15) is 0 Å². The summed E-state index contributed by atoms with van der Waals surface area (Å²) in [7, 11) is 0. The number of carbonyl (C=O) groups excluding carboxylic acids is 2. The van der Waals surface area contributed by atoms with Gasteiger partial charge in [-0.05, 0) is 42.0 Å². The molecule has 1 unspecified atom stereocenters. The number of ether oxygens (including phenoxy) is 1. The average molecular weight is 435 g/mol. The number of nitrogens with one attached hydrogen (secondary N) is 1. The molecule has 8 heteroatoms. The van der Waals surface area contributed by atoms with Gasteiger partial charge in [-0.3, -0.25) is 14.6 Å². The maximum absolute atomic E-state index is 13.1. The highest BCUT2D eigenvalue weighted by atomic mass is 16.5. The number of benzene rings is 1. The van der Waals surface area contributed by atoms with Crippen LogP contribution in [0.5, 0.6) is 5.75 Å². The van der Waals surface area contributed by atoms with Gasteiger partial charge in [0.1, 0.15) is 18.1 Å². The third-order valence-corrected chi connectivity index (χ3v) is 5.36. The molecule has 1 atom stereocenters. The molecule has 166 valence electrons. The fraction of sp³-hybridized carbons (Fsp3) is 0.292. The van der Waals surface area contributed by atoms with Crippen LogP contribution in [-0.2, 0) is 11.3 Å². The Morgan fingerprint density at radius 1 is 1.28 bits per heavy atom. The molecule has 1 aromatic carbocycles. The summed E-state index contributed by atoms with van der Waals surface area (Å²) in [5.74, 6) is -1.28. The smallest absolute Gasteiger partial charge is 0.241 e. The van der Waals surface area contributed by atoms with Gasteiger partial charge in [-0.25, -0.2) is 4.57 Å². The molecule has 0 radical (unpaired) electrons. The van der Waals surface area contributed by atoms with Crippen LogP contribution in [0, 0.1) is 0 Å². The van der Waals surface area contributed by atoms with Crippen molar-refractivity contribution in [3.8, 4) is 5.75 Å². The van der Waals surface area contributed by atoms with Crippen LogP contribution in [-0.4, -0.2) is 34.7 Å². The number of amides is 1. The molecule has 0 fully saturated rings. The number of hydrogen-bond acceptors (Lipinski definition) is 5. The largest absolute Gasteiger partial charge is 0.868 e. The standard InChI is InChI=1S/C24H25N3O5/c1-2-14-31-18-8-6-17(7-9-18)21-20(22(28)19-5-3-15-32-19)23(29)24(30)27(21)12-4-11-26-13-10-25-16-26/h3,5-10,13,15-16,21H,2,4,11-12,14H2,1H3,(H,28,29). The Balaban J connectivity index is 1.63. The van der Waals surface area contributed by atoms with Crippen LogP contribution in [0.1, 0.15) is 41.9 Å². The molecule has 3 aromatic rings. The lowest BCUT2D eigenvalue weighted by Gasteiger charge is -2.27. The SMILES string of the molecule is CCCOc1ccc(C2C(C(=O)c3ccco3)=C([O-])C(=O)N2CCC[n+]2cc[nH]c2)cc1. The van der Waals surface area contributed by atoms with Gasteiger partial charge >= 0.3 is 0 Å². The molecule has 2 aromatic heterocycles. The molecular weight excluding hydrogens is 410 g/mol. The van der Waals surface area contributed by atoms with Crippen LogP contribution >= 0.6 is 0 Å². The number of aromatic amines is 1. The van der Waals surface area contributed by atoms with Crippen molar-refractivity contribution in [2.75, 3.05) is 13.2 Å². The van der Waals surface area contributed by atoms with Crippen molar-refractivity contribution in [2.45, 2.75) is 32.4 Å². The van der Waals surface area contributed by atoms with Crippen molar-refractivity contribution in [3.63, 3.8) is 0 Å². The number of hydrogen-bond donors (Lipinski definition) is 1. The Morgan fingerprint density at radius 3 is 2.75 bits per heavy atom. The summed E-state index contributed by atoms with van der Waals surface area (Å²) in [5.41, 5.74) is 0.596. The van der Waals surface area contributed by atoms with E-state index in [0.29, 0.717) is 37.4 Å². The molecule has 1 N–H and O–H groups in total. The Morgan fingerprint density at radius 2 is 2.09 bits per heavy atom. The van der Waals surface area contributed by atoms with Gasteiger partial charge in [0.05, 0.1) is 25.5 Å². The second-order valence-corrected chi connectivity index (χ2v) is 7.57. The average Bonchev–Trinajstić information content (AvgIpc) is 3.56. The van der Waals surface area contributed by atoms with Gasteiger partial charge < -0.3 is 19.2 Å². The number of carbonyl (C=O) groups is 2. The van der Waals surface area contributed by atoms with E-state index in [1.54, 1.807) is 30.3 Å². The van der Waals surface area contributed by atoms with Crippen molar-refractivity contribution < 1.29 is 28.4 Å². The first-order chi connectivity index (χ1) is 15.6. The first-order valence-electron chi connectivity index (χ1n) is 10.6. The minimum absolute atomic E-state index is 0.0405. The highest BCUT2D eigenvalue weighted by molar-refractivity contribution is 6.14. The zero-order valence-electron chi connectivity index (χ0n) is 17.8. The third-order valence-electron chi connectivity index (χ3n) is 5.36. The number of imidazole rings is 1. The predicted octanol–water partition coefficient (Wildman–Crippen LogP) is 2.15. The van der Waals surface area contributed by atoms with E-state index in [-0.39, 0.29) is 11.3 Å². The Labute approximate surface area is 185 Å². The van der Waals surface area contributed by atoms with Crippen molar-refractivity contribution in [1.82, 2.24) is 9.88 Å². The van der Waals surface area contributed by atoms with Crippen LogP contribution in [0.25, 0.3) is 0 Å². The van der Waals surface area contributed by atoms with Gasteiger partial charge in [-0.1, -0.05) is 19.1 Å². The summed E-state index contributed by atoms with van der Waals surface area (Å²) in [6, 6.07) is 9.48. The lowest BCUT2D eigenvalue weighted by molar-refractivity contribution is -0.695. The van der Waals surface area contributed by atoms with Crippen molar-refractivity contribution >= 4 is 11.7 Å². The normalized spacial score (nSPS) is 16.1. The Hall–Kier alpha value is -3.81. The lowest BCUT2D eigenvalue weighted by atomic mass is 9.95.